The molecule has 0 spiro atoms. The Morgan fingerprint density at radius 1 is 0.875 bits per heavy atom. The van der Waals surface area contributed by atoms with Crippen LogP contribution in [0, 0.1) is 13.8 Å². The van der Waals surface area contributed by atoms with Crippen LogP contribution in [-0.2, 0) is 0 Å². The number of rotatable bonds is 1. The van der Waals surface area contributed by atoms with E-state index in [9.17, 15) is 0 Å². The molecule has 0 saturated heterocycles. The van der Waals surface area contributed by atoms with E-state index in [0.29, 0.717) is 0 Å². The van der Waals surface area contributed by atoms with E-state index in [1.54, 1.807) is 0 Å². The number of benzene rings is 2. The third-order valence-electron chi connectivity index (χ3n) is 2.68. The highest BCUT2D eigenvalue weighted by Crippen LogP contribution is 2.34. The summed E-state index contributed by atoms with van der Waals surface area (Å²) in [6.45, 7) is 4.11. The summed E-state index contributed by atoms with van der Waals surface area (Å²) >= 11 is 12.2. The lowest BCUT2D eigenvalue weighted by atomic mass is 9.97. The molecule has 0 atom stereocenters. The van der Waals surface area contributed by atoms with Crippen molar-refractivity contribution in [1.82, 2.24) is 0 Å². The molecule has 2 heteroatoms. The van der Waals surface area contributed by atoms with Crippen LogP contribution >= 0.6 is 23.2 Å². The van der Waals surface area contributed by atoms with Gasteiger partial charge in [0.15, 0.2) is 0 Å². The van der Waals surface area contributed by atoms with Crippen LogP contribution in [0.15, 0.2) is 36.4 Å². The molecule has 0 fully saturated rings. The van der Waals surface area contributed by atoms with E-state index in [1.165, 1.54) is 5.56 Å². The van der Waals surface area contributed by atoms with Crippen molar-refractivity contribution < 1.29 is 0 Å². The zero-order chi connectivity index (χ0) is 11.7. The van der Waals surface area contributed by atoms with E-state index in [2.05, 4.69) is 13.0 Å². The molecule has 0 amide bonds. The number of halogens is 2. The van der Waals surface area contributed by atoms with Crippen molar-refractivity contribution in [2.24, 2.45) is 0 Å². The summed E-state index contributed by atoms with van der Waals surface area (Å²) in [4.78, 5) is 0. The Balaban J connectivity index is 2.68. The number of aryl methyl sites for hydroxylation is 2. The number of hydrogen-bond acceptors (Lipinski definition) is 0. The lowest BCUT2D eigenvalue weighted by Gasteiger charge is -2.11. The van der Waals surface area contributed by atoms with Crippen molar-refractivity contribution in [2.45, 2.75) is 13.8 Å². The topological polar surface area (TPSA) is 0 Å². The third-order valence-corrected chi connectivity index (χ3v) is 3.23. The van der Waals surface area contributed by atoms with E-state index in [-0.39, 0.29) is 0 Å². The lowest BCUT2D eigenvalue weighted by molar-refractivity contribution is 1.41. The predicted molar refractivity (Wildman–Crippen MR) is 71.4 cm³/mol. The summed E-state index contributed by atoms with van der Waals surface area (Å²) in [5, 5.41) is 1.54. The molecule has 16 heavy (non-hydrogen) atoms. The van der Waals surface area contributed by atoms with Crippen LogP contribution in [0.1, 0.15) is 11.1 Å². The molecule has 0 aliphatic carbocycles. The maximum Gasteiger partial charge on any atom is 0.0487 e. The molecule has 0 N–H and O–H groups in total. The predicted octanol–water partition coefficient (Wildman–Crippen LogP) is 5.28. The molecule has 0 nitrogen and oxygen atoms in total. The van der Waals surface area contributed by atoms with Crippen molar-refractivity contribution >= 4 is 23.2 Å². The van der Waals surface area contributed by atoms with Gasteiger partial charge in [-0.05, 0) is 48.7 Å². The normalized spacial score (nSPS) is 10.5. The molecule has 0 unspecified atom stereocenters. The second-order valence-corrected chi connectivity index (χ2v) is 4.73. The van der Waals surface area contributed by atoms with Crippen LogP contribution in [0.2, 0.25) is 10.0 Å². The average Bonchev–Trinajstić information content (AvgIpc) is 2.20. The molecule has 0 saturated carbocycles. The Morgan fingerprint density at radius 3 is 2.25 bits per heavy atom. The maximum absolute atomic E-state index is 6.24. The molecule has 0 aromatic heterocycles. The summed E-state index contributed by atoms with van der Waals surface area (Å²) in [5.41, 5.74) is 4.56. The Bertz CT molecular complexity index is 510. The van der Waals surface area contributed by atoms with Gasteiger partial charge in [0.2, 0.25) is 0 Å². The number of hydrogen-bond donors (Lipinski definition) is 0. The first-order valence-corrected chi connectivity index (χ1v) is 5.87. The van der Waals surface area contributed by atoms with Crippen LogP contribution in [0.5, 0.6) is 0 Å². The van der Waals surface area contributed by atoms with Gasteiger partial charge in [0.25, 0.3) is 0 Å². The average molecular weight is 251 g/mol. The standard InChI is InChI=1S/C14H12Cl2/c1-9-4-3-5-13(16)14(9)12-7-6-11(15)8-10(12)2/h3-8H,1-2H3. The van der Waals surface area contributed by atoms with Gasteiger partial charge in [0.1, 0.15) is 0 Å². The third kappa shape index (κ3) is 2.09. The van der Waals surface area contributed by atoms with Gasteiger partial charge in [-0.3, -0.25) is 0 Å². The second-order valence-electron chi connectivity index (χ2n) is 3.89. The highest BCUT2D eigenvalue weighted by Gasteiger charge is 2.09. The Morgan fingerprint density at radius 2 is 1.62 bits per heavy atom. The highest BCUT2D eigenvalue weighted by atomic mass is 35.5. The zero-order valence-corrected chi connectivity index (χ0v) is 10.7. The van der Waals surface area contributed by atoms with E-state index >= 15 is 0 Å². The molecule has 0 aliphatic heterocycles. The first kappa shape index (κ1) is 11.5. The van der Waals surface area contributed by atoms with Gasteiger partial charge >= 0.3 is 0 Å². The van der Waals surface area contributed by atoms with Gasteiger partial charge in [0.05, 0.1) is 0 Å². The van der Waals surface area contributed by atoms with Crippen LogP contribution < -0.4 is 0 Å². The molecular weight excluding hydrogens is 239 g/mol. The molecule has 0 bridgehead atoms. The fraction of sp³-hybridized carbons (Fsp3) is 0.143. The smallest absolute Gasteiger partial charge is 0.0487 e. The quantitative estimate of drug-likeness (QED) is 0.647. The van der Waals surface area contributed by atoms with Crippen LogP contribution in [0.25, 0.3) is 11.1 Å². The van der Waals surface area contributed by atoms with Gasteiger partial charge in [-0.2, -0.15) is 0 Å². The van der Waals surface area contributed by atoms with E-state index < -0.39 is 0 Å². The summed E-state index contributed by atoms with van der Waals surface area (Å²) in [7, 11) is 0. The lowest BCUT2D eigenvalue weighted by Crippen LogP contribution is -1.88. The summed E-state index contributed by atoms with van der Waals surface area (Å²) < 4.78 is 0. The molecule has 0 radical (unpaired) electrons. The van der Waals surface area contributed by atoms with Crippen LogP contribution in [0.4, 0.5) is 0 Å². The monoisotopic (exact) mass is 250 g/mol. The van der Waals surface area contributed by atoms with Crippen LogP contribution in [0.3, 0.4) is 0 Å². The molecule has 0 heterocycles. The summed E-state index contributed by atoms with van der Waals surface area (Å²) in [6, 6.07) is 11.8. The van der Waals surface area contributed by atoms with Gasteiger partial charge in [-0.15, -0.1) is 0 Å². The SMILES string of the molecule is Cc1cc(Cl)ccc1-c1c(C)cccc1Cl. The molecule has 2 aromatic rings. The zero-order valence-electron chi connectivity index (χ0n) is 9.22. The van der Waals surface area contributed by atoms with Crippen molar-refractivity contribution in [3.05, 3.63) is 57.6 Å². The Hall–Kier alpha value is -0.980. The van der Waals surface area contributed by atoms with E-state index in [0.717, 1.165) is 26.7 Å². The largest absolute Gasteiger partial charge is 0.0843 e. The van der Waals surface area contributed by atoms with Gasteiger partial charge < -0.3 is 0 Å². The van der Waals surface area contributed by atoms with Gasteiger partial charge in [-0.25, -0.2) is 0 Å². The molecule has 82 valence electrons. The second kappa shape index (κ2) is 4.48. The summed E-state index contributed by atoms with van der Waals surface area (Å²) in [5.74, 6) is 0. The minimum absolute atomic E-state index is 0.756. The summed E-state index contributed by atoms with van der Waals surface area (Å²) in [6.07, 6.45) is 0. The van der Waals surface area contributed by atoms with Crippen molar-refractivity contribution in [1.29, 1.82) is 0 Å². The Labute approximate surface area is 106 Å². The molecule has 2 rings (SSSR count). The molecular formula is C14H12Cl2. The van der Waals surface area contributed by atoms with Crippen molar-refractivity contribution in [3.63, 3.8) is 0 Å². The minimum Gasteiger partial charge on any atom is -0.0843 e. The fourth-order valence-corrected chi connectivity index (χ4v) is 2.43. The molecule has 2 aromatic carbocycles. The van der Waals surface area contributed by atoms with Crippen LogP contribution in [-0.4, -0.2) is 0 Å². The van der Waals surface area contributed by atoms with Gasteiger partial charge in [0, 0.05) is 15.6 Å². The fourth-order valence-electron chi connectivity index (χ4n) is 1.88. The molecule has 0 aliphatic rings. The Kier molecular flexibility index (Phi) is 3.22. The first-order chi connectivity index (χ1) is 7.59. The minimum atomic E-state index is 0.756. The highest BCUT2D eigenvalue weighted by molar-refractivity contribution is 6.33. The van der Waals surface area contributed by atoms with E-state index in [1.807, 2.05) is 37.3 Å². The van der Waals surface area contributed by atoms with Crippen molar-refractivity contribution in [3.8, 4) is 11.1 Å². The first-order valence-electron chi connectivity index (χ1n) is 5.11. The maximum atomic E-state index is 6.24. The van der Waals surface area contributed by atoms with Crippen molar-refractivity contribution in [2.75, 3.05) is 0 Å². The van der Waals surface area contributed by atoms with Gasteiger partial charge in [-0.1, -0.05) is 41.4 Å². The van der Waals surface area contributed by atoms with E-state index in [4.69, 9.17) is 23.2 Å².